The number of hydrogen-bond donors (Lipinski definition) is 1. The van der Waals surface area contributed by atoms with Crippen LogP contribution in [0, 0.1) is 0 Å². The molecule has 0 saturated carbocycles. The molecule has 1 aromatic heterocycles. The molecule has 7 nitrogen and oxygen atoms in total. The minimum atomic E-state index is -0.532. The highest BCUT2D eigenvalue weighted by molar-refractivity contribution is 7.97. The van der Waals surface area contributed by atoms with Crippen molar-refractivity contribution in [2.24, 2.45) is 0 Å². The molecule has 1 unspecified atom stereocenters. The maximum absolute atomic E-state index is 11.1. The molecule has 11 heteroatoms. The molecule has 1 saturated heterocycles. The summed E-state index contributed by atoms with van der Waals surface area (Å²) in [5, 5.41) is 11.9. The molecule has 1 N–H and O–H groups in total. The van der Waals surface area contributed by atoms with Gasteiger partial charge in [-0.25, -0.2) is 19.3 Å². The summed E-state index contributed by atoms with van der Waals surface area (Å²) in [6, 6.07) is 6.29. The number of aromatic nitrogens is 2. The second kappa shape index (κ2) is 9.96. The molecule has 28 heavy (non-hydrogen) atoms. The van der Waals surface area contributed by atoms with Gasteiger partial charge in [0.25, 0.3) is 0 Å². The lowest BCUT2D eigenvalue weighted by Crippen LogP contribution is -2.44. The van der Waals surface area contributed by atoms with Gasteiger partial charge in [0.05, 0.1) is 16.1 Å². The first-order chi connectivity index (χ1) is 13.5. The number of carbonyl (C=O) groups excluding carboxylic acids is 1. The average molecular weight is 463 g/mol. The third-order valence-corrected chi connectivity index (χ3v) is 6.49. The molecule has 1 aliphatic heterocycles. The molecule has 2 aromatic rings. The van der Waals surface area contributed by atoms with Crippen molar-refractivity contribution in [1.82, 2.24) is 19.3 Å². The first-order valence-electron chi connectivity index (χ1n) is 8.45. The van der Waals surface area contributed by atoms with E-state index in [4.69, 9.17) is 34.8 Å². The standard InChI is InChI=1S/C17H18Cl3N5O2S/c18-13-2-1-12(7-14(13)19)15(25(27)11-26)9-28-24-5-3-23(4-6-24)17-8-16(20)21-10-22-17/h1-2,7-8,10-11,15,27H,3-6,9H2. The van der Waals surface area contributed by atoms with Gasteiger partial charge in [-0.3, -0.25) is 10.0 Å². The molecule has 1 atom stereocenters. The molecule has 3 rings (SSSR count). The van der Waals surface area contributed by atoms with Crippen molar-refractivity contribution in [3.05, 3.63) is 51.4 Å². The van der Waals surface area contributed by atoms with Crippen molar-refractivity contribution in [3.63, 3.8) is 0 Å². The van der Waals surface area contributed by atoms with Crippen LogP contribution in [0.1, 0.15) is 11.6 Å². The zero-order chi connectivity index (χ0) is 20.1. The minimum absolute atomic E-state index is 0.380. The van der Waals surface area contributed by atoms with Crippen LogP contribution in [-0.2, 0) is 4.79 Å². The fourth-order valence-electron chi connectivity index (χ4n) is 2.84. The zero-order valence-electron chi connectivity index (χ0n) is 14.7. The molecular weight excluding hydrogens is 445 g/mol. The van der Waals surface area contributed by atoms with Gasteiger partial charge in [-0.1, -0.05) is 52.8 Å². The van der Waals surface area contributed by atoms with Gasteiger partial charge in [-0.15, -0.1) is 0 Å². The van der Waals surface area contributed by atoms with Gasteiger partial charge < -0.3 is 4.90 Å². The van der Waals surface area contributed by atoms with E-state index in [0.29, 0.717) is 38.0 Å². The van der Waals surface area contributed by atoms with Crippen LogP contribution in [-0.4, -0.2) is 62.9 Å². The van der Waals surface area contributed by atoms with Gasteiger partial charge in [0.15, 0.2) is 0 Å². The van der Waals surface area contributed by atoms with E-state index in [-0.39, 0.29) is 0 Å². The number of nitrogens with zero attached hydrogens (tertiary/aromatic N) is 5. The number of hydrogen-bond acceptors (Lipinski definition) is 7. The Morgan fingerprint density at radius 1 is 1.14 bits per heavy atom. The Balaban J connectivity index is 1.58. The molecular formula is C17H18Cl3N5O2S. The summed E-state index contributed by atoms with van der Waals surface area (Å²) in [6.07, 6.45) is 1.85. The number of hydroxylamine groups is 2. The Morgan fingerprint density at radius 3 is 2.54 bits per heavy atom. The number of halogens is 3. The van der Waals surface area contributed by atoms with Crippen LogP contribution in [0.5, 0.6) is 0 Å². The number of rotatable bonds is 7. The Morgan fingerprint density at radius 2 is 1.89 bits per heavy atom. The third kappa shape index (κ3) is 5.40. The third-order valence-electron chi connectivity index (χ3n) is 4.35. The lowest BCUT2D eigenvalue weighted by atomic mass is 10.1. The van der Waals surface area contributed by atoms with Gasteiger partial charge >= 0.3 is 0 Å². The van der Waals surface area contributed by atoms with Crippen molar-refractivity contribution < 1.29 is 10.0 Å². The van der Waals surface area contributed by atoms with Crippen molar-refractivity contribution >= 4 is 59.0 Å². The van der Waals surface area contributed by atoms with E-state index in [9.17, 15) is 10.0 Å². The van der Waals surface area contributed by atoms with Crippen LogP contribution in [0.15, 0.2) is 30.6 Å². The van der Waals surface area contributed by atoms with Crippen LogP contribution in [0.4, 0.5) is 5.82 Å². The minimum Gasteiger partial charge on any atom is -0.354 e. The first kappa shape index (κ1) is 21.4. The summed E-state index contributed by atoms with van der Waals surface area (Å²) >= 11 is 19.5. The molecule has 150 valence electrons. The molecule has 1 fully saturated rings. The van der Waals surface area contributed by atoms with Gasteiger partial charge in [0.1, 0.15) is 17.3 Å². The first-order valence-corrected chi connectivity index (χ1v) is 10.5. The summed E-state index contributed by atoms with van der Waals surface area (Å²) in [5.41, 5.74) is 0.714. The quantitative estimate of drug-likeness (QED) is 0.221. The smallest absolute Gasteiger partial charge is 0.233 e. The summed E-state index contributed by atoms with van der Waals surface area (Å²) in [6.45, 7) is 3.17. The van der Waals surface area contributed by atoms with Crippen molar-refractivity contribution in [1.29, 1.82) is 0 Å². The molecule has 2 heterocycles. The monoisotopic (exact) mass is 461 g/mol. The van der Waals surface area contributed by atoms with Crippen LogP contribution >= 0.6 is 46.8 Å². The van der Waals surface area contributed by atoms with E-state index in [1.165, 1.54) is 6.33 Å². The van der Waals surface area contributed by atoms with E-state index in [2.05, 4.69) is 19.2 Å². The van der Waals surface area contributed by atoms with E-state index in [1.54, 1.807) is 36.2 Å². The molecule has 1 aromatic carbocycles. The van der Waals surface area contributed by atoms with E-state index >= 15 is 0 Å². The van der Waals surface area contributed by atoms with Crippen molar-refractivity contribution in [2.45, 2.75) is 6.04 Å². The highest BCUT2D eigenvalue weighted by Crippen LogP contribution is 2.31. The van der Waals surface area contributed by atoms with Crippen molar-refractivity contribution in [2.75, 3.05) is 36.8 Å². The van der Waals surface area contributed by atoms with Crippen LogP contribution in [0.25, 0.3) is 0 Å². The predicted molar refractivity (Wildman–Crippen MR) is 112 cm³/mol. The van der Waals surface area contributed by atoms with E-state index in [1.807, 2.05) is 0 Å². The number of anilines is 1. The highest BCUT2D eigenvalue weighted by atomic mass is 35.5. The maximum Gasteiger partial charge on any atom is 0.233 e. The van der Waals surface area contributed by atoms with Gasteiger partial charge in [-0.05, 0) is 17.7 Å². The number of piperazine rings is 1. The summed E-state index contributed by atoms with van der Waals surface area (Å²) in [4.78, 5) is 21.4. The lowest BCUT2D eigenvalue weighted by molar-refractivity contribution is -0.158. The topological polar surface area (TPSA) is 72.8 Å². The fourth-order valence-corrected chi connectivity index (χ4v) is 4.40. The number of carbonyl (C=O) groups is 1. The normalized spacial score (nSPS) is 16.1. The van der Waals surface area contributed by atoms with Gasteiger partial charge in [0.2, 0.25) is 6.41 Å². The highest BCUT2D eigenvalue weighted by Gasteiger charge is 2.23. The fraction of sp³-hybridized carbons (Fsp3) is 0.353. The summed E-state index contributed by atoms with van der Waals surface area (Å²) in [7, 11) is 0. The predicted octanol–water partition coefficient (Wildman–Crippen LogP) is 3.80. The molecule has 0 bridgehead atoms. The lowest BCUT2D eigenvalue weighted by Gasteiger charge is -2.35. The van der Waals surface area contributed by atoms with Crippen LogP contribution < -0.4 is 4.90 Å². The molecule has 1 amide bonds. The number of amides is 1. The Hall–Kier alpha value is -1.29. The molecule has 1 aliphatic rings. The molecule has 0 aliphatic carbocycles. The largest absolute Gasteiger partial charge is 0.354 e. The van der Waals surface area contributed by atoms with E-state index in [0.717, 1.165) is 32.0 Å². The summed E-state index contributed by atoms with van der Waals surface area (Å²) in [5.74, 6) is 1.29. The maximum atomic E-state index is 11.1. The molecule has 0 radical (unpaired) electrons. The molecule has 0 spiro atoms. The Labute approximate surface area is 182 Å². The second-order valence-electron chi connectivity index (χ2n) is 6.09. The SMILES string of the molecule is O=CN(O)C(CSN1CCN(c2cc(Cl)ncn2)CC1)c1ccc(Cl)c(Cl)c1. The average Bonchev–Trinajstić information content (AvgIpc) is 2.71. The van der Waals surface area contributed by atoms with Crippen LogP contribution in [0.3, 0.4) is 0 Å². The summed E-state index contributed by atoms with van der Waals surface area (Å²) < 4.78 is 2.20. The van der Waals surface area contributed by atoms with Gasteiger partial charge in [-0.2, -0.15) is 0 Å². The zero-order valence-corrected chi connectivity index (χ0v) is 17.8. The van der Waals surface area contributed by atoms with Gasteiger partial charge in [0, 0.05) is 38.0 Å². The Kier molecular flexibility index (Phi) is 7.62. The number of benzene rings is 1. The Bertz CT molecular complexity index is 823. The second-order valence-corrected chi connectivity index (χ2v) is 8.40. The van der Waals surface area contributed by atoms with E-state index < -0.39 is 6.04 Å². The van der Waals surface area contributed by atoms with Crippen molar-refractivity contribution in [3.8, 4) is 0 Å². The van der Waals surface area contributed by atoms with Crippen LogP contribution in [0.2, 0.25) is 15.2 Å².